The molecule has 1 saturated heterocycles. The number of aromatic nitrogens is 3. The molecule has 3 rings (SSSR count). The Kier molecular flexibility index (Phi) is 5.87. The Morgan fingerprint density at radius 1 is 1.46 bits per heavy atom. The van der Waals surface area contributed by atoms with Gasteiger partial charge in [0.1, 0.15) is 0 Å². The number of rotatable bonds is 6. The van der Waals surface area contributed by atoms with Crippen molar-refractivity contribution in [2.75, 3.05) is 24.2 Å². The zero-order chi connectivity index (χ0) is 16.8. The molecule has 0 bridgehead atoms. The molecule has 128 valence electrons. The van der Waals surface area contributed by atoms with Crippen LogP contribution in [0.25, 0.3) is 0 Å². The predicted molar refractivity (Wildman–Crippen MR) is 96.4 cm³/mol. The van der Waals surface area contributed by atoms with Crippen molar-refractivity contribution >= 4 is 23.4 Å². The average Bonchev–Trinajstić information content (AvgIpc) is 3.06. The van der Waals surface area contributed by atoms with Gasteiger partial charge in [-0.15, -0.1) is 16.9 Å². The second kappa shape index (κ2) is 8.30. The number of thioether (sulfide) groups is 1. The summed E-state index contributed by atoms with van der Waals surface area (Å²) in [6, 6.07) is 7.81. The normalized spacial score (nSPS) is 17.6. The number of para-hydroxylation sites is 1. The second-order valence-electron chi connectivity index (χ2n) is 5.92. The van der Waals surface area contributed by atoms with Crippen LogP contribution in [0.1, 0.15) is 30.3 Å². The smallest absolute Gasteiger partial charge is 0.277 e. The molecule has 1 fully saturated rings. The zero-order valence-electron chi connectivity index (χ0n) is 13.9. The van der Waals surface area contributed by atoms with Crippen LogP contribution >= 0.6 is 11.8 Å². The van der Waals surface area contributed by atoms with Crippen LogP contribution in [-0.2, 0) is 6.54 Å². The van der Waals surface area contributed by atoms with E-state index >= 15 is 0 Å². The van der Waals surface area contributed by atoms with Gasteiger partial charge in [0, 0.05) is 11.4 Å². The summed E-state index contributed by atoms with van der Waals surface area (Å²) in [7, 11) is 0. The number of carbonyl (C=O) groups excluding carboxylic acids is 1. The molecule has 6 nitrogen and oxygen atoms in total. The minimum absolute atomic E-state index is 0.216. The number of benzene rings is 1. The fourth-order valence-electron chi connectivity index (χ4n) is 2.87. The standard InChI is InChI=1S/C17H23N5OS/c1-2-24-16-8-4-3-7-14(16)19-17(23)15-12-22(21-20-15)11-13-6-5-9-18-10-13/h3-4,7-8,12-13,18H,2,5-6,9-11H2,1H3,(H,19,23). The van der Waals surface area contributed by atoms with Crippen LogP contribution in [0.15, 0.2) is 35.4 Å². The number of nitrogens with zero attached hydrogens (tertiary/aromatic N) is 3. The lowest BCUT2D eigenvalue weighted by Crippen LogP contribution is -2.32. The molecule has 0 spiro atoms. The SMILES string of the molecule is CCSc1ccccc1NC(=O)c1cn(CC2CCCNC2)nn1. The predicted octanol–water partition coefficient (Wildman–Crippen LogP) is 2.64. The second-order valence-corrected chi connectivity index (χ2v) is 7.23. The van der Waals surface area contributed by atoms with Crippen molar-refractivity contribution in [3.8, 4) is 0 Å². The van der Waals surface area contributed by atoms with Crippen molar-refractivity contribution in [3.05, 3.63) is 36.2 Å². The minimum atomic E-state index is -0.216. The van der Waals surface area contributed by atoms with Gasteiger partial charge in [0.2, 0.25) is 0 Å². The molecule has 1 atom stereocenters. The minimum Gasteiger partial charge on any atom is -0.320 e. The first kappa shape index (κ1) is 17.0. The summed E-state index contributed by atoms with van der Waals surface area (Å²) < 4.78 is 1.78. The molecule has 0 radical (unpaired) electrons. The molecule has 1 aromatic carbocycles. The summed E-state index contributed by atoms with van der Waals surface area (Å²) in [5, 5.41) is 14.5. The number of amides is 1. The fraction of sp³-hybridized carbons (Fsp3) is 0.471. The lowest BCUT2D eigenvalue weighted by atomic mass is 10.00. The third-order valence-electron chi connectivity index (χ3n) is 4.05. The van der Waals surface area contributed by atoms with Crippen LogP contribution in [0.4, 0.5) is 5.69 Å². The maximum absolute atomic E-state index is 12.4. The molecular weight excluding hydrogens is 322 g/mol. The Bertz CT molecular complexity index is 681. The van der Waals surface area contributed by atoms with Crippen molar-refractivity contribution in [1.29, 1.82) is 0 Å². The van der Waals surface area contributed by atoms with E-state index in [4.69, 9.17) is 0 Å². The van der Waals surface area contributed by atoms with E-state index in [9.17, 15) is 4.79 Å². The van der Waals surface area contributed by atoms with E-state index in [0.29, 0.717) is 11.6 Å². The molecule has 1 aromatic heterocycles. The van der Waals surface area contributed by atoms with Crippen molar-refractivity contribution in [3.63, 3.8) is 0 Å². The van der Waals surface area contributed by atoms with Gasteiger partial charge in [-0.2, -0.15) is 0 Å². The number of carbonyl (C=O) groups is 1. The van der Waals surface area contributed by atoms with E-state index in [1.54, 1.807) is 22.6 Å². The molecule has 7 heteroatoms. The highest BCUT2D eigenvalue weighted by Gasteiger charge is 2.17. The number of hydrogen-bond donors (Lipinski definition) is 2. The van der Waals surface area contributed by atoms with E-state index in [1.807, 2.05) is 24.3 Å². The van der Waals surface area contributed by atoms with Gasteiger partial charge in [0.15, 0.2) is 5.69 Å². The van der Waals surface area contributed by atoms with Crippen LogP contribution in [0.3, 0.4) is 0 Å². The summed E-state index contributed by atoms with van der Waals surface area (Å²) >= 11 is 1.70. The highest BCUT2D eigenvalue weighted by Crippen LogP contribution is 2.26. The summed E-state index contributed by atoms with van der Waals surface area (Å²) in [5.74, 6) is 1.29. The maximum Gasteiger partial charge on any atom is 0.277 e. The first-order valence-corrected chi connectivity index (χ1v) is 9.39. The first-order valence-electron chi connectivity index (χ1n) is 8.40. The number of nitrogens with one attached hydrogen (secondary N) is 2. The zero-order valence-corrected chi connectivity index (χ0v) is 14.7. The Hall–Kier alpha value is -1.86. The quantitative estimate of drug-likeness (QED) is 0.788. The van der Waals surface area contributed by atoms with E-state index in [-0.39, 0.29) is 5.91 Å². The molecule has 1 aliphatic rings. The van der Waals surface area contributed by atoms with Gasteiger partial charge in [-0.05, 0) is 49.7 Å². The number of piperidine rings is 1. The molecule has 1 unspecified atom stereocenters. The van der Waals surface area contributed by atoms with Gasteiger partial charge < -0.3 is 10.6 Å². The van der Waals surface area contributed by atoms with Gasteiger partial charge in [0.05, 0.1) is 11.9 Å². The lowest BCUT2D eigenvalue weighted by Gasteiger charge is -2.22. The van der Waals surface area contributed by atoms with E-state index in [1.165, 1.54) is 12.8 Å². The van der Waals surface area contributed by atoms with Crippen LogP contribution in [0.5, 0.6) is 0 Å². The van der Waals surface area contributed by atoms with Crippen LogP contribution in [0.2, 0.25) is 0 Å². The van der Waals surface area contributed by atoms with Crippen LogP contribution in [0, 0.1) is 5.92 Å². The fourth-order valence-corrected chi connectivity index (χ4v) is 3.63. The van der Waals surface area contributed by atoms with Crippen molar-refractivity contribution < 1.29 is 4.79 Å². The topological polar surface area (TPSA) is 71.8 Å². The summed E-state index contributed by atoms with van der Waals surface area (Å²) in [5.41, 5.74) is 1.18. The molecular formula is C17H23N5OS. The molecule has 2 N–H and O–H groups in total. The summed E-state index contributed by atoms with van der Waals surface area (Å²) in [6.07, 6.45) is 4.12. The van der Waals surface area contributed by atoms with Gasteiger partial charge >= 0.3 is 0 Å². The van der Waals surface area contributed by atoms with Crippen molar-refractivity contribution in [2.24, 2.45) is 5.92 Å². The molecule has 0 saturated carbocycles. The molecule has 0 aliphatic carbocycles. The summed E-state index contributed by atoms with van der Waals surface area (Å²) in [4.78, 5) is 13.5. The maximum atomic E-state index is 12.4. The van der Waals surface area contributed by atoms with Gasteiger partial charge in [-0.25, -0.2) is 0 Å². The van der Waals surface area contributed by atoms with E-state index < -0.39 is 0 Å². The first-order chi connectivity index (χ1) is 11.8. The highest BCUT2D eigenvalue weighted by molar-refractivity contribution is 7.99. The summed E-state index contributed by atoms with van der Waals surface area (Å²) in [6.45, 7) is 4.99. The van der Waals surface area contributed by atoms with Crippen LogP contribution < -0.4 is 10.6 Å². The molecule has 2 heterocycles. The average molecular weight is 345 g/mol. The number of anilines is 1. The Morgan fingerprint density at radius 2 is 2.33 bits per heavy atom. The molecule has 1 aliphatic heterocycles. The Balaban J connectivity index is 1.63. The number of hydrogen-bond acceptors (Lipinski definition) is 5. The third kappa shape index (κ3) is 4.36. The van der Waals surface area contributed by atoms with Crippen molar-refractivity contribution in [1.82, 2.24) is 20.3 Å². The van der Waals surface area contributed by atoms with Crippen molar-refractivity contribution in [2.45, 2.75) is 31.2 Å². The van der Waals surface area contributed by atoms with Gasteiger partial charge in [0.25, 0.3) is 5.91 Å². The van der Waals surface area contributed by atoms with E-state index in [2.05, 4.69) is 27.9 Å². The van der Waals surface area contributed by atoms with Crippen LogP contribution in [-0.4, -0.2) is 39.7 Å². The molecule has 2 aromatic rings. The van der Waals surface area contributed by atoms with Gasteiger partial charge in [-0.1, -0.05) is 24.3 Å². The monoisotopic (exact) mass is 345 g/mol. The molecule has 24 heavy (non-hydrogen) atoms. The van der Waals surface area contributed by atoms with Gasteiger partial charge in [-0.3, -0.25) is 9.48 Å². The highest BCUT2D eigenvalue weighted by atomic mass is 32.2. The lowest BCUT2D eigenvalue weighted by molar-refractivity contribution is 0.102. The Morgan fingerprint density at radius 3 is 3.12 bits per heavy atom. The Labute approximate surface area is 146 Å². The largest absolute Gasteiger partial charge is 0.320 e. The third-order valence-corrected chi connectivity index (χ3v) is 5.01. The van der Waals surface area contributed by atoms with E-state index in [0.717, 1.165) is 36.0 Å². The molecule has 1 amide bonds.